The van der Waals surface area contributed by atoms with E-state index >= 15 is 0 Å². The standard InChI is InChI=1S/C21H22N2/c1-17-13-19(20-10-12-23-11-6-5-9-21(20)23)16-22(14-17)15-18-7-3-2-4-8-18/h2-13,17H,14-16H2,1H3/q+1. The number of allylic oxidation sites excluding steroid dienone is 1. The van der Waals surface area contributed by atoms with Gasteiger partial charge in [-0.05, 0) is 23.1 Å². The van der Waals surface area contributed by atoms with Gasteiger partial charge in [-0.3, -0.25) is 4.90 Å². The molecule has 1 aromatic carbocycles. The van der Waals surface area contributed by atoms with Gasteiger partial charge in [-0.2, -0.15) is 4.57 Å². The van der Waals surface area contributed by atoms with Gasteiger partial charge >= 0.3 is 0 Å². The molecule has 2 aromatic rings. The Balaban J connectivity index is 1.56. The van der Waals surface area contributed by atoms with Crippen LogP contribution in [-0.2, 0) is 6.54 Å². The molecule has 0 saturated heterocycles. The summed E-state index contributed by atoms with van der Waals surface area (Å²) in [6.07, 6.45) is 6.82. The highest BCUT2D eigenvalue weighted by atomic mass is 15.1. The van der Waals surface area contributed by atoms with Gasteiger partial charge in [-0.15, -0.1) is 0 Å². The quantitative estimate of drug-likeness (QED) is 0.788. The number of benzene rings is 1. The summed E-state index contributed by atoms with van der Waals surface area (Å²) in [5.74, 6) is 0.584. The normalized spacial score (nSPS) is 20.8. The van der Waals surface area contributed by atoms with Gasteiger partial charge in [0.2, 0.25) is 12.2 Å². The first-order valence-electron chi connectivity index (χ1n) is 8.32. The number of aromatic nitrogens is 1. The van der Waals surface area contributed by atoms with E-state index in [4.69, 9.17) is 0 Å². The molecule has 0 N–H and O–H groups in total. The molecule has 0 spiro atoms. The number of rotatable bonds is 3. The fourth-order valence-corrected chi connectivity index (χ4v) is 3.62. The van der Waals surface area contributed by atoms with Gasteiger partial charge in [0.05, 0.1) is 5.57 Å². The van der Waals surface area contributed by atoms with Gasteiger partial charge in [0.15, 0.2) is 6.20 Å². The van der Waals surface area contributed by atoms with Crippen molar-refractivity contribution in [3.8, 4) is 0 Å². The van der Waals surface area contributed by atoms with Crippen molar-refractivity contribution in [1.82, 2.24) is 4.90 Å². The molecule has 4 rings (SSSR count). The van der Waals surface area contributed by atoms with Gasteiger partial charge in [0.25, 0.3) is 0 Å². The molecule has 2 aliphatic rings. The summed E-state index contributed by atoms with van der Waals surface area (Å²) in [5.41, 5.74) is 5.51. The average molecular weight is 302 g/mol. The Morgan fingerprint density at radius 3 is 2.78 bits per heavy atom. The molecule has 2 nitrogen and oxygen atoms in total. The van der Waals surface area contributed by atoms with Crippen LogP contribution >= 0.6 is 0 Å². The number of pyridine rings is 1. The Kier molecular flexibility index (Phi) is 3.84. The third-order valence-electron chi connectivity index (χ3n) is 4.59. The molecule has 0 aliphatic carbocycles. The molecule has 1 atom stereocenters. The summed E-state index contributed by atoms with van der Waals surface area (Å²) in [4.78, 5) is 2.56. The van der Waals surface area contributed by atoms with Crippen molar-refractivity contribution in [3.05, 3.63) is 90.3 Å². The van der Waals surface area contributed by atoms with Crippen LogP contribution < -0.4 is 4.57 Å². The molecule has 2 aliphatic heterocycles. The first-order chi connectivity index (χ1) is 11.3. The number of hydrogen-bond acceptors (Lipinski definition) is 1. The summed E-state index contributed by atoms with van der Waals surface area (Å²) >= 11 is 0. The Morgan fingerprint density at radius 2 is 1.91 bits per heavy atom. The lowest BCUT2D eigenvalue weighted by Gasteiger charge is -2.31. The largest absolute Gasteiger partial charge is 0.294 e. The zero-order valence-corrected chi connectivity index (χ0v) is 13.5. The minimum Gasteiger partial charge on any atom is -0.294 e. The smallest absolute Gasteiger partial charge is 0.243 e. The van der Waals surface area contributed by atoms with E-state index in [9.17, 15) is 0 Å². The lowest BCUT2D eigenvalue weighted by Crippen LogP contribution is -2.35. The average Bonchev–Trinajstić information content (AvgIpc) is 2.99. The second-order valence-electron chi connectivity index (χ2n) is 6.55. The molecule has 0 amide bonds. The zero-order valence-electron chi connectivity index (χ0n) is 13.5. The molecular formula is C21H22N2+. The third-order valence-corrected chi connectivity index (χ3v) is 4.59. The van der Waals surface area contributed by atoms with Crippen LogP contribution in [0.3, 0.4) is 0 Å². The molecule has 2 heteroatoms. The van der Waals surface area contributed by atoms with E-state index in [1.165, 1.54) is 22.4 Å². The van der Waals surface area contributed by atoms with Gasteiger partial charge in [-0.1, -0.05) is 43.3 Å². The summed E-state index contributed by atoms with van der Waals surface area (Å²) in [6, 6.07) is 17.2. The zero-order chi connectivity index (χ0) is 15.6. The Hall–Kier alpha value is -2.19. The van der Waals surface area contributed by atoms with E-state index in [1.807, 2.05) is 0 Å². The predicted octanol–water partition coefficient (Wildman–Crippen LogP) is 3.46. The Labute approximate surface area is 138 Å². The summed E-state index contributed by atoms with van der Waals surface area (Å²) in [6.45, 7) is 7.65. The molecule has 0 bridgehead atoms. The van der Waals surface area contributed by atoms with Crippen LogP contribution in [0, 0.1) is 12.5 Å². The van der Waals surface area contributed by atoms with Crippen LogP contribution in [0.5, 0.6) is 0 Å². The molecule has 23 heavy (non-hydrogen) atoms. The maximum atomic E-state index is 2.56. The third kappa shape index (κ3) is 2.99. The highest BCUT2D eigenvalue weighted by Gasteiger charge is 2.28. The van der Waals surface area contributed by atoms with Gasteiger partial charge in [-0.25, -0.2) is 0 Å². The van der Waals surface area contributed by atoms with E-state index in [0.717, 1.165) is 19.6 Å². The number of nitrogens with zero attached hydrogens (tertiary/aromatic N) is 2. The summed E-state index contributed by atoms with van der Waals surface area (Å²) in [7, 11) is 0. The van der Waals surface area contributed by atoms with E-state index < -0.39 is 0 Å². The minimum atomic E-state index is 0.584. The van der Waals surface area contributed by atoms with Crippen LogP contribution in [0.15, 0.2) is 72.5 Å². The van der Waals surface area contributed by atoms with Gasteiger partial charge < -0.3 is 0 Å². The van der Waals surface area contributed by atoms with Crippen LogP contribution in [0.25, 0.3) is 5.57 Å². The molecule has 1 aromatic heterocycles. The van der Waals surface area contributed by atoms with Crippen LogP contribution in [0.2, 0.25) is 0 Å². The molecular weight excluding hydrogens is 280 g/mol. The van der Waals surface area contributed by atoms with Crippen molar-refractivity contribution >= 4 is 5.57 Å². The first-order valence-corrected chi connectivity index (χ1v) is 8.32. The van der Waals surface area contributed by atoms with Crippen molar-refractivity contribution in [3.63, 3.8) is 0 Å². The minimum absolute atomic E-state index is 0.584. The second kappa shape index (κ2) is 6.13. The van der Waals surface area contributed by atoms with Crippen molar-refractivity contribution in [2.75, 3.05) is 13.1 Å². The van der Waals surface area contributed by atoms with Crippen molar-refractivity contribution < 1.29 is 4.57 Å². The van der Waals surface area contributed by atoms with E-state index in [2.05, 4.69) is 89.8 Å². The monoisotopic (exact) mass is 302 g/mol. The van der Waals surface area contributed by atoms with E-state index in [-0.39, 0.29) is 0 Å². The molecule has 115 valence electrons. The van der Waals surface area contributed by atoms with Crippen LogP contribution in [-0.4, -0.2) is 18.0 Å². The lowest BCUT2D eigenvalue weighted by atomic mass is 9.94. The van der Waals surface area contributed by atoms with Crippen molar-refractivity contribution in [2.45, 2.75) is 13.5 Å². The Bertz CT molecular complexity index is 758. The van der Waals surface area contributed by atoms with Crippen molar-refractivity contribution in [1.29, 1.82) is 0 Å². The summed E-state index contributed by atoms with van der Waals surface area (Å²) in [5, 5.41) is 0. The maximum absolute atomic E-state index is 2.56. The predicted molar refractivity (Wildman–Crippen MR) is 93.3 cm³/mol. The number of hydrogen-bond donors (Lipinski definition) is 0. The highest BCUT2D eigenvalue weighted by Crippen LogP contribution is 2.29. The fraction of sp³-hybridized carbons (Fsp3) is 0.238. The molecule has 1 unspecified atom stereocenters. The summed E-state index contributed by atoms with van der Waals surface area (Å²) < 4.78 is 2.21. The van der Waals surface area contributed by atoms with Crippen molar-refractivity contribution in [2.24, 2.45) is 5.92 Å². The molecule has 0 fully saturated rings. The second-order valence-corrected chi connectivity index (χ2v) is 6.55. The SMILES string of the molecule is CC1C=C(C2=C[CH][n+]3ccccc32)CN(Cc2ccccc2)C1. The van der Waals surface area contributed by atoms with Crippen LogP contribution in [0.4, 0.5) is 0 Å². The van der Waals surface area contributed by atoms with E-state index in [0.29, 0.717) is 5.92 Å². The topological polar surface area (TPSA) is 7.12 Å². The molecule has 0 saturated carbocycles. The molecule has 3 heterocycles. The number of fused-ring (bicyclic) bond motifs is 1. The fourth-order valence-electron chi connectivity index (χ4n) is 3.62. The van der Waals surface area contributed by atoms with Gasteiger partial charge in [0.1, 0.15) is 0 Å². The van der Waals surface area contributed by atoms with E-state index in [1.54, 1.807) is 0 Å². The van der Waals surface area contributed by atoms with Crippen LogP contribution in [0.1, 0.15) is 18.2 Å². The Morgan fingerprint density at radius 1 is 1.09 bits per heavy atom. The van der Waals surface area contributed by atoms with Gasteiger partial charge in [0, 0.05) is 37.8 Å². The highest BCUT2D eigenvalue weighted by molar-refractivity contribution is 5.78. The maximum Gasteiger partial charge on any atom is 0.243 e. The molecule has 1 radical (unpaired) electrons. The first kappa shape index (κ1) is 14.4. The lowest BCUT2D eigenvalue weighted by molar-refractivity contribution is -0.626.